The molecule has 1 unspecified atom stereocenters. The molecule has 1 nitrogen and oxygen atoms in total. The van der Waals surface area contributed by atoms with Gasteiger partial charge in [0.15, 0.2) is 0 Å². The molecule has 0 bridgehead atoms. The van der Waals surface area contributed by atoms with Crippen molar-refractivity contribution < 1.29 is 0 Å². The molecule has 1 N–H and O–H groups in total. The zero-order valence-electron chi connectivity index (χ0n) is 11.7. The van der Waals surface area contributed by atoms with Crippen LogP contribution in [0.2, 0.25) is 5.02 Å². The molecular weight excluding hydrogens is 354 g/mol. The van der Waals surface area contributed by atoms with E-state index in [9.17, 15) is 0 Å². The zero-order chi connectivity index (χ0) is 14.5. The molecule has 2 rings (SSSR count). The normalized spacial score (nSPS) is 12.6. The fraction of sp³-hybridized carbons (Fsp3) is 0.375. The Morgan fingerprint density at radius 3 is 2.65 bits per heavy atom. The van der Waals surface area contributed by atoms with Crippen molar-refractivity contribution in [3.8, 4) is 0 Å². The minimum Gasteiger partial charge on any atom is -0.306 e. The van der Waals surface area contributed by atoms with Crippen molar-refractivity contribution in [3.05, 3.63) is 55.1 Å². The number of hydrogen-bond donors (Lipinski definition) is 1. The molecule has 0 fully saturated rings. The van der Waals surface area contributed by atoms with E-state index in [4.69, 9.17) is 11.6 Å². The van der Waals surface area contributed by atoms with E-state index >= 15 is 0 Å². The molecule has 0 amide bonds. The Bertz CT molecular complexity index is 548. The van der Waals surface area contributed by atoms with Crippen molar-refractivity contribution in [1.82, 2.24) is 5.32 Å². The number of thiophene rings is 1. The van der Waals surface area contributed by atoms with E-state index in [2.05, 4.69) is 65.4 Å². The molecular formula is C16H19BrClNS. The molecule has 2 aromatic rings. The van der Waals surface area contributed by atoms with Crippen LogP contribution in [0.25, 0.3) is 0 Å². The van der Waals surface area contributed by atoms with Crippen molar-refractivity contribution in [3.63, 3.8) is 0 Å². The van der Waals surface area contributed by atoms with Crippen molar-refractivity contribution in [2.24, 2.45) is 0 Å². The number of halogens is 2. The van der Waals surface area contributed by atoms with Gasteiger partial charge in [-0.25, -0.2) is 0 Å². The molecule has 1 heterocycles. The topological polar surface area (TPSA) is 12.0 Å². The lowest BCUT2D eigenvalue weighted by atomic mass is 9.97. The monoisotopic (exact) mass is 371 g/mol. The minimum absolute atomic E-state index is 0.222. The third-order valence-corrected chi connectivity index (χ3v) is 5.83. The average Bonchev–Trinajstić information content (AvgIpc) is 2.79. The largest absolute Gasteiger partial charge is 0.306 e. The van der Waals surface area contributed by atoms with Crippen LogP contribution < -0.4 is 5.32 Å². The van der Waals surface area contributed by atoms with Crippen LogP contribution in [0.15, 0.2) is 34.1 Å². The molecule has 0 aliphatic heterocycles. The first-order valence-corrected chi connectivity index (χ1v) is 8.92. The Hall–Kier alpha value is -0.350. The fourth-order valence-electron chi connectivity index (χ4n) is 2.30. The molecule has 1 aromatic heterocycles. The zero-order valence-corrected chi connectivity index (χ0v) is 14.9. The van der Waals surface area contributed by atoms with Crippen molar-refractivity contribution in [1.29, 1.82) is 0 Å². The van der Waals surface area contributed by atoms with Gasteiger partial charge in [0.05, 0.1) is 14.9 Å². The second-order valence-electron chi connectivity index (χ2n) is 4.71. The van der Waals surface area contributed by atoms with Crippen molar-refractivity contribution >= 4 is 38.9 Å². The standard InChI is InChI=1S/C16H19BrClNS/c1-3-9-19-15(14-10-13(18)16(17)20-14)12-8-6-5-7-11(12)4-2/h5-8,10,15,19H,3-4,9H2,1-2H3. The van der Waals surface area contributed by atoms with Gasteiger partial charge in [0.1, 0.15) is 0 Å². The Kier molecular flexibility index (Phi) is 6.09. The van der Waals surface area contributed by atoms with Gasteiger partial charge in [-0.15, -0.1) is 11.3 Å². The highest BCUT2D eigenvalue weighted by Gasteiger charge is 2.19. The summed E-state index contributed by atoms with van der Waals surface area (Å²) < 4.78 is 1.01. The molecule has 108 valence electrons. The third-order valence-electron chi connectivity index (χ3n) is 3.29. The maximum absolute atomic E-state index is 6.20. The van der Waals surface area contributed by atoms with E-state index in [1.807, 2.05) is 0 Å². The first-order chi connectivity index (χ1) is 9.67. The van der Waals surface area contributed by atoms with Crippen LogP contribution in [0.3, 0.4) is 0 Å². The summed E-state index contributed by atoms with van der Waals surface area (Å²) in [4.78, 5) is 1.26. The summed E-state index contributed by atoms with van der Waals surface area (Å²) in [5.74, 6) is 0. The highest BCUT2D eigenvalue weighted by molar-refractivity contribution is 9.11. The van der Waals surface area contributed by atoms with Gasteiger partial charge in [-0.05, 0) is 52.5 Å². The minimum atomic E-state index is 0.222. The van der Waals surface area contributed by atoms with Crippen LogP contribution in [0.1, 0.15) is 42.3 Å². The van der Waals surface area contributed by atoms with Gasteiger partial charge in [0, 0.05) is 4.88 Å². The van der Waals surface area contributed by atoms with E-state index in [-0.39, 0.29) is 6.04 Å². The Morgan fingerprint density at radius 1 is 1.30 bits per heavy atom. The van der Waals surface area contributed by atoms with Crippen LogP contribution in [-0.4, -0.2) is 6.54 Å². The van der Waals surface area contributed by atoms with Crippen LogP contribution in [0.4, 0.5) is 0 Å². The number of hydrogen-bond acceptors (Lipinski definition) is 2. The number of benzene rings is 1. The second-order valence-corrected chi connectivity index (χ2v) is 7.52. The average molecular weight is 373 g/mol. The van der Waals surface area contributed by atoms with Gasteiger partial charge >= 0.3 is 0 Å². The van der Waals surface area contributed by atoms with Gasteiger partial charge in [0.25, 0.3) is 0 Å². The SMILES string of the molecule is CCCNC(c1cc(Cl)c(Br)s1)c1ccccc1CC. The van der Waals surface area contributed by atoms with Gasteiger partial charge < -0.3 is 5.32 Å². The summed E-state index contributed by atoms with van der Waals surface area (Å²) in [6, 6.07) is 10.9. The van der Waals surface area contributed by atoms with Gasteiger partial charge in [-0.2, -0.15) is 0 Å². The Balaban J connectivity index is 2.41. The molecule has 0 aliphatic rings. The summed E-state index contributed by atoms with van der Waals surface area (Å²) in [7, 11) is 0. The summed E-state index contributed by atoms with van der Waals surface area (Å²) >= 11 is 11.4. The summed E-state index contributed by atoms with van der Waals surface area (Å²) in [6.07, 6.45) is 2.16. The molecule has 0 aliphatic carbocycles. The molecule has 1 atom stereocenters. The van der Waals surface area contributed by atoms with E-state index in [1.54, 1.807) is 11.3 Å². The second kappa shape index (κ2) is 7.60. The first kappa shape index (κ1) is 16.0. The lowest BCUT2D eigenvalue weighted by molar-refractivity contribution is 0.602. The maximum Gasteiger partial charge on any atom is 0.0888 e. The van der Waals surface area contributed by atoms with Crippen LogP contribution in [0.5, 0.6) is 0 Å². The third kappa shape index (κ3) is 3.64. The van der Waals surface area contributed by atoms with Gasteiger partial charge in [-0.3, -0.25) is 0 Å². The van der Waals surface area contributed by atoms with E-state index in [0.717, 1.165) is 28.2 Å². The van der Waals surface area contributed by atoms with E-state index < -0.39 is 0 Å². The number of nitrogens with one attached hydrogen (secondary N) is 1. The molecule has 0 radical (unpaired) electrons. The molecule has 0 saturated heterocycles. The predicted molar refractivity (Wildman–Crippen MR) is 93.0 cm³/mol. The molecule has 0 saturated carbocycles. The first-order valence-electron chi connectivity index (χ1n) is 6.93. The van der Waals surface area contributed by atoms with Crippen molar-refractivity contribution in [2.75, 3.05) is 6.54 Å². The highest BCUT2D eigenvalue weighted by Crippen LogP contribution is 2.38. The highest BCUT2D eigenvalue weighted by atomic mass is 79.9. The lowest BCUT2D eigenvalue weighted by Crippen LogP contribution is -2.23. The van der Waals surface area contributed by atoms with Crippen LogP contribution in [-0.2, 0) is 6.42 Å². The Labute approximate surface area is 138 Å². The number of rotatable bonds is 6. The number of aryl methyl sites for hydroxylation is 1. The summed E-state index contributed by atoms with van der Waals surface area (Å²) in [5.41, 5.74) is 2.75. The van der Waals surface area contributed by atoms with Gasteiger partial charge in [0.2, 0.25) is 0 Å². The molecule has 4 heteroatoms. The van der Waals surface area contributed by atoms with Crippen LogP contribution >= 0.6 is 38.9 Å². The summed E-state index contributed by atoms with van der Waals surface area (Å²) in [5, 5.41) is 4.44. The Morgan fingerprint density at radius 2 is 2.05 bits per heavy atom. The molecule has 0 spiro atoms. The van der Waals surface area contributed by atoms with Crippen LogP contribution in [0, 0.1) is 0 Å². The lowest BCUT2D eigenvalue weighted by Gasteiger charge is -2.20. The van der Waals surface area contributed by atoms with E-state index in [0.29, 0.717) is 0 Å². The van der Waals surface area contributed by atoms with E-state index in [1.165, 1.54) is 16.0 Å². The van der Waals surface area contributed by atoms with Crippen molar-refractivity contribution in [2.45, 2.75) is 32.7 Å². The predicted octanol–water partition coefficient (Wildman–Crippen LogP) is 5.82. The quantitative estimate of drug-likeness (QED) is 0.674. The maximum atomic E-state index is 6.20. The van der Waals surface area contributed by atoms with Gasteiger partial charge in [-0.1, -0.05) is 49.7 Å². The smallest absolute Gasteiger partial charge is 0.0888 e. The summed E-state index contributed by atoms with van der Waals surface area (Å²) in [6.45, 7) is 5.38. The molecule has 1 aromatic carbocycles. The molecule has 20 heavy (non-hydrogen) atoms. The fourth-order valence-corrected chi connectivity index (χ4v) is 4.14.